The van der Waals surface area contributed by atoms with Gasteiger partial charge in [-0.1, -0.05) is 29.3 Å². The molecule has 4 heteroatoms. The molecule has 3 rings (SSSR count). The van der Waals surface area contributed by atoms with Gasteiger partial charge in [-0.05, 0) is 79.3 Å². The zero-order chi connectivity index (χ0) is 17.8. The average molecular weight is 373 g/mol. The SMILES string of the molecule is O=C(C[C@H]1CCCC=C1C(=O)c1ccc(Cl)cc1)c1ccc(Cl)cc1. The lowest BCUT2D eigenvalue weighted by Crippen LogP contribution is -2.20. The van der Waals surface area contributed by atoms with E-state index in [-0.39, 0.29) is 17.5 Å². The van der Waals surface area contributed by atoms with Crippen molar-refractivity contribution in [2.24, 2.45) is 5.92 Å². The first-order valence-corrected chi connectivity index (χ1v) is 9.09. The van der Waals surface area contributed by atoms with E-state index in [2.05, 4.69) is 0 Å². The van der Waals surface area contributed by atoms with E-state index in [1.807, 2.05) is 6.08 Å². The standard InChI is InChI=1S/C21H18Cl2O2/c22-17-9-5-14(6-10-17)20(24)13-16-3-1-2-4-19(16)21(25)15-7-11-18(23)12-8-15/h4-12,16H,1-3,13H2/t16-/m1/s1. The first kappa shape index (κ1) is 17.9. The Bertz CT molecular complexity index is 805. The summed E-state index contributed by atoms with van der Waals surface area (Å²) in [5, 5.41) is 1.20. The molecule has 128 valence electrons. The Labute approximate surface area is 157 Å². The molecular formula is C21H18Cl2O2. The van der Waals surface area contributed by atoms with Crippen molar-refractivity contribution in [2.45, 2.75) is 25.7 Å². The van der Waals surface area contributed by atoms with E-state index in [1.54, 1.807) is 48.5 Å². The summed E-state index contributed by atoms with van der Waals surface area (Å²) in [6.07, 6.45) is 5.05. The fraction of sp³-hybridized carbons (Fsp3) is 0.238. The Morgan fingerprint density at radius 2 is 1.44 bits per heavy atom. The maximum atomic E-state index is 12.8. The second-order valence-corrected chi connectivity index (χ2v) is 7.13. The van der Waals surface area contributed by atoms with Gasteiger partial charge in [-0.25, -0.2) is 0 Å². The monoisotopic (exact) mass is 372 g/mol. The van der Waals surface area contributed by atoms with Crippen LogP contribution in [0.4, 0.5) is 0 Å². The fourth-order valence-corrected chi connectivity index (χ4v) is 3.43. The van der Waals surface area contributed by atoms with E-state index in [9.17, 15) is 9.59 Å². The molecule has 0 aromatic heterocycles. The number of Topliss-reactive ketones (excluding diaryl/α,β-unsaturated/α-hetero) is 2. The molecule has 0 radical (unpaired) electrons. The van der Waals surface area contributed by atoms with E-state index in [0.717, 1.165) is 24.8 Å². The number of carbonyl (C=O) groups excluding carboxylic acids is 2. The first-order valence-electron chi connectivity index (χ1n) is 8.33. The smallest absolute Gasteiger partial charge is 0.188 e. The second kappa shape index (κ2) is 7.99. The summed E-state index contributed by atoms with van der Waals surface area (Å²) >= 11 is 11.8. The molecule has 2 aromatic carbocycles. The molecule has 1 aliphatic carbocycles. The number of ketones is 2. The predicted molar refractivity (Wildman–Crippen MR) is 102 cm³/mol. The zero-order valence-corrected chi connectivity index (χ0v) is 15.2. The quantitative estimate of drug-likeness (QED) is 0.587. The lowest BCUT2D eigenvalue weighted by Gasteiger charge is -2.23. The number of rotatable bonds is 5. The zero-order valence-electron chi connectivity index (χ0n) is 13.7. The van der Waals surface area contributed by atoms with E-state index < -0.39 is 0 Å². The number of allylic oxidation sites excluding steroid dienone is 2. The van der Waals surface area contributed by atoms with E-state index in [0.29, 0.717) is 27.6 Å². The third-order valence-corrected chi connectivity index (χ3v) is 5.03. The number of hydrogen-bond acceptors (Lipinski definition) is 2. The van der Waals surface area contributed by atoms with Gasteiger partial charge in [0.2, 0.25) is 0 Å². The molecule has 1 aliphatic rings. The summed E-state index contributed by atoms with van der Waals surface area (Å²) in [5.74, 6) is -0.0104. The highest BCUT2D eigenvalue weighted by Gasteiger charge is 2.26. The van der Waals surface area contributed by atoms with Gasteiger partial charge in [0, 0.05) is 27.6 Å². The fourth-order valence-electron chi connectivity index (χ4n) is 3.18. The number of halogens is 2. The summed E-state index contributed by atoms with van der Waals surface area (Å²) < 4.78 is 0. The normalized spacial score (nSPS) is 17.0. The third kappa shape index (κ3) is 4.39. The number of benzene rings is 2. The summed E-state index contributed by atoms with van der Waals surface area (Å²) in [4.78, 5) is 25.4. The molecule has 1 atom stereocenters. The largest absolute Gasteiger partial charge is 0.294 e. The molecule has 2 aromatic rings. The molecule has 0 bridgehead atoms. The maximum Gasteiger partial charge on any atom is 0.188 e. The second-order valence-electron chi connectivity index (χ2n) is 6.26. The van der Waals surface area contributed by atoms with Crippen LogP contribution in [0.1, 0.15) is 46.4 Å². The highest BCUT2D eigenvalue weighted by molar-refractivity contribution is 6.31. The number of hydrogen-bond donors (Lipinski definition) is 0. The predicted octanol–water partition coefficient (Wildman–Crippen LogP) is 6.18. The topological polar surface area (TPSA) is 34.1 Å². The average Bonchev–Trinajstić information content (AvgIpc) is 2.63. The van der Waals surface area contributed by atoms with Gasteiger partial charge >= 0.3 is 0 Å². The van der Waals surface area contributed by atoms with E-state index >= 15 is 0 Å². The van der Waals surface area contributed by atoms with Crippen LogP contribution in [0.2, 0.25) is 10.0 Å². The van der Waals surface area contributed by atoms with Gasteiger partial charge in [0.15, 0.2) is 11.6 Å². The van der Waals surface area contributed by atoms with E-state index in [4.69, 9.17) is 23.2 Å². The summed E-state index contributed by atoms with van der Waals surface area (Å²) in [7, 11) is 0. The summed E-state index contributed by atoms with van der Waals surface area (Å²) in [6, 6.07) is 13.8. The van der Waals surface area contributed by atoms with Crippen LogP contribution in [0.3, 0.4) is 0 Å². The van der Waals surface area contributed by atoms with Crippen molar-refractivity contribution in [1.82, 2.24) is 0 Å². The van der Waals surface area contributed by atoms with Crippen molar-refractivity contribution in [3.63, 3.8) is 0 Å². The molecule has 0 spiro atoms. The van der Waals surface area contributed by atoms with Crippen LogP contribution in [0, 0.1) is 5.92 Å². The Hall–Kier alpha value is -1.90. The van der Waals surface area contributed by atoms with Crippen LogP contribution in [0.25, 0.3) is 0 Å². The molecule has 0 N–H and O–H groups in total. The van der Waals surface area contributed by atoms with Crippen molar-refractivity contribution in [1.29, 1.82) is 0 Å². The van der Waals surface area contributed by atoms with Gasteiger partial charge in [0.25, 0.3) is 0 Å². The number of carbonyl (C=O) groups is 2. The van der Waals surface area contributed by atoms with Crippen LogP contribution >= 0.6 is 23.2 Å². The van der Waals surface area contributed by atoms with Crippen LogP contribution in [0.15, 0.2) is 60.2 Å². The molecule has 2 nitrogen and oxygen atoms in total. The van der Waals surface area contributed by atoms with E-state index in [1.165, 1.54) is 0 Å². The molecule has 0 heterocycles. The molecule has 0 saturated heterocycles. The first-order chi connectivity index (χ1) is 12.0. The molecule has 25 heavy (non-hydrogen) atoms. The van der Waals surface area contributed by atoms with Crippen molar-refractivity contribution in [3.05, 3.63) is 81.4 Å². The van der Waals surface area contributed by atoms with Crippen LogP contribution < -0.4 is 0 Å². The minimum Gasteiger partial charge on any atom is -0.294 e. The van der Waals surface area contributed by atoms with Crippen LogP contribution in [-0.2, 0) is 0 Å². The molecule has 0 amide bonds. The van der Waals surface area contributed by atoms with Gasteiger partial charge in [0.05, 0.1) is 0 Å². The molecule has 0 unspecified atom stereocenters. The lowest BCUT2D eigenvalue weighted by atomic mass is 9.80. The lowest BCUT2D eigenvalue weighted by molar-refractivity contribution is 0.0953. The molecule has 0 aliphatic heterocycles. The van der Waals surface area contributed by atoms with Crippen molar-refractivity contribution in [3.8, 4) is 0 Å². The maximum absolute atomic E-state index is 12.8. The Morgan fingerprint density at radius 1 is 0.880 bits per heavy atom. The molecular weight excluding hydrogens is 355 g/mol. The van der Waals surface area contributed by atoms with Gasteiger partial charge in [0.1, 0.15) is 0 Å². The minimum atomic E-state index is -0.0416. The summed E-state index contributed by atoms with van der Waals surface area (Å²) in [6.45, 7) is 0. The van der Waals surface area contributed by atoms with Crippen LogP contribution in [0.5, 0.6) is 0 Å². The van der Waals surface area contributed by atoms with Crippen molar-refractivity contribution < 1.29 is 9.59 Å². The summed E-state index contributed by atoms with van der Waals surface area (Å²) in [5.41, 5.74) is 1.99. The van der Waals surface area contributed by atoms with Gasteiger partial charge in [-0.2, -0.15) is 0 Å². The highest BCUT2D eigenvalue weighted by atomic mass is 35.5. The third-order valence-electron chi connectivity index (χ3n) is 4.53. The van der Waals surface area contributed by atoms with Gasteiger partial charge in [-0.3, -0.25) is 9.59 Å². The Balaban J connectivity index is 1.77. The van der Waals surface area contributed by atoms with Gasteiger partial charge < -0.3 is 0 Å². The molecule has 0 fully saturated rings. The Kier molecular flexibility index (Phi) is 5.72. The van der Waals surface area contributed by atoms with Crippen molar-refractivity contribution >= 4 is 34.8 Å². The van der Waals surface area contributed by atoms with Gasteiger partial charge in [-0.15, -0.1) is 0 Å². The molecule has 0 saturated carbocycles. The minimum absolute atomic E-state index is 0.00901. The van der Waals surface area contributed by atoms with Crippen LogP contribution in [-0.4, -0.2) is 11.6 Å². The van der Waals surface area contributed by atoms with Crippen molar-refractivity contribution in [2.75, 3.05) is 0 Å². The Morgan fingerprint density at radius 3 is 2.04 bits per heavy atom. The highest BCUT2D eigenvalue weighted by Crippen LogP contribution is 2.31.